The predicted molar refractivity (Wildman–Crippen MR) is 46.6 cm³/mol. The summed E-state index contributed by atoms with van der Waals surface area (Å²) in [6.45, 7) is 1.11. The normalized spacial score (nSPS) is 12.3. The third-order valence-electron chi connectivity index (χ3n) is 1.70. The highest BCUT2D eigenvalue weighted by molar-refractivity contribution is 9.10. The molecule has 0 atom stereocenters. The van der Waals surface area contributed by atoms with E-state index in [1.807, 2.05) is 0 Å². The van der Waals surface area contributed by atoms with Gasteiger partial charge in [0.05, 0.1) is 5.56 Å². The highest BCUT2D eigenvalue weighted by Crippen LogP contribution is 2.37. The Kier molecular flexibility index (Phi) is 3.32. The van der Waals surface area contributed by atoms with E-state index in [-0.39, 0.29) is 5.56 Å². The molecule has 0 aliphatic rings. The third kappa shape index (κ3) is 2.64. The molecule has 15 heavy (non-hydrogen) atoms. The summed E-state index contributed by atoms with van der Waals surface area (Å²) in [5, 5.41) is 0. The molecule has 1 rings (SSSR count). The Balaban J connectivity index is 3.34. The number of aryl methyl sites for hydroxylation is 1. The number of halogens is 6. The average Bonchev–Trinajstić information content (AvgIpc) is 1.99. The molecule has 1 aromatic rings. The maximum Gasteiger partial charge on any atom is 0.419 e. The van der Waals surface area contributed by atoms with Crippen LogP contribution in [-0.4, -0.2) is 4.98 Å². The first-order valence-corrected chi connectivity index (χ1v) is 4.55. The van der Waals surface area contributed by atoms with Gasteiger partial charge in [0.1, 0.15) is 10.3 Å². The Labute approximate surface area is 90.4 Å². The molecule has 7 heteroatoms. The fraction of sp³-hybridized carbons (Fsp3) is 0.375. The molecule has 0 aliphatic carbocycles. The fourth-order valence-electron chi connectivity index (χ4n) is 1.11. The Bertz CT molecular complexity index is 351. The van der Waals surface area contributed by atoms with E-state index in [9.17, 15) is 22.0 Å². The van der Waals surface area contributed by atoms with Gasteiger partial charge in [0, 0.05) is 0 Å². The zero-order valence-electron chi connectivity index (χ0n) is 7.37. The molecular formula is C8H5BrF5N. The zero-order chi connectivity index (χ0) is 11.8. The number of nitrogens with zero attached hydrogens (tertiary/aromatic N) is 1. The highest BCUT2D eigenvalue weighted by Gasteiger charge is 2.36. The van der Waals surface area contributed by atoms with Gasteiger partial charge in [-0.15, -0.1) is 0 Å². The van der Waals surface area contributed by atoms with Crippen LogP contribution in [0.2, 0.25) is 0 Å². The van der Waals surface area contributed by atoms with Crippen LogP contribution in [-0.2, 0) is 6.18 Å². The molecule has 0 unspecified atom stereocenters. The minimum Gasteiger partial charge on any atom is -0.239 e. The first kappa shape index (κ1) is 12.4. The lowest BCUT2D eigenvalue weighted by Gasteiger charge is -2.12. The molecule has 1 nitrogen and oxygen atoms in total. The zero-order valence-corrected chi connectivity index (χ0v) is 8.96. The van der Waals surface area contributed by atoms with E-state index in [2.05, 4.69) is 20.9 Å². The van der Waals surface area contributed by atoms with Crippen LogP contribution >= 0.6 is 15.9 Å². The molecular weight excluding hydrogens is 285 g/mol. The van der Waals surface area contributed by atoms with Gasteiger partial charge in [0.25, 0.3) is 6.43 Å². The van der Waals surface area contributed by atoms with Gasteiger partial charge in [-0.1, -0.05) is 0 Å². The van der Waals surface area contributed by atoms with E-state index in [0.717, 1.165) is 13.0 Å². The van der Waals surface area contributed by atoms with E-state index < -0.39 is 28.5 Å². The smallest absolute Gasteiger partial charge is 0.239 e. The number of aromatic nitrogens is 1. The van der Waals surface area contributed by atoms with Gasteiger partial charge >= 0.3 is 6.18 Å². The van der Waals surface area contributed by atoms with Gasteiger partial charge in [0.15, 0.2) is 0 Å². The van der Waals surface area contributed by atoms with Crippen molar-refractivity contribution in [2.45, 2.75) is 19.5 Å². The predicted octanol–water partition coefficient (Wildman–Crippen LogP) is 4.11. The van der Waals surface area contributed by atoms with Crippen LogP contribution in [0.15, 0.2) is 10.7 Å². The molecule has 0 saturated heterocycles. The summed E-state index contributed by atoms with van der Waals surface area (Å²) >= 11 is 2.54. The second-order valence-electron chi connectivity index (χ2n) is 2.83. The van der Waals surface area contributed by atoms with Crippen LogP contribution in [0.1, 0.15) is 23.2 Å². The lowest BCUT2D eigenvalue weighted by molar-refractivity contribution is -0.139. The van der Waals surface area contributed by atoms with E-state index in [0.29, 0.717) is 0 Å². The third-order valence-corrected chi connectivity index (χ3v) is 2.27. The highest BCUT2D eigenvalue weighted by atomic mass is 79.9. The summed E-state index contributed by atoms with van der Waals surface area (Å²) in [4.78, 5) is 3.15. The van der Waals surface area contributed by atoms with Crippen LogP contribution in [0.25, 0.3) is 0 Å². The Morgan fingerprint density at radius 2 is 1.87 bits per heavy atom. The lowest BCUT2D eigenvalue weighted by atomic mass is 10.1. The van der Waals surface area contributed by atoms with Crippen molar-refractivity contribution in [2.75, 3.05) is 0 Å². The summed E-state index contributed by atoms with van der Waals surface area (Å²) in [7, 11) is 0. The van der Waals surface area contributed by atoms with Crippen molar-refractivity contribution < 1.29 is 22.0 Å². The van der Waals surface area contributed by atoms with Crippen molar-refractivity contribution >= 4 is 15.9 Å². The van der Waals surface area contributed by atoms with Crippen LogP contribution < -0.4 is 0 Å². The molecule has 0 radical (unpaired) electrons. The second-order valence-corrected chi connectivity index (χ2v) is 3.58. The van der Waals surface area contributed by atoms with Gasteiger partial charge in [-0.3, -0.25) is 0 Å². The summed E-state index contributed by atoms with van der Waals surface area (Å²) in [6.07, 6.45) is -7.49. The molecule has 0 aliphatic heterocycles. The van der Waals surface area contributed by atoms with E-state index in [4.69, 9.17) is 0 Å². The molecule has 0 N–H and O–H groups in total. The molecule has 0 amide bonds. The lowest BCUT2D eigenvalue weighted by Crippen LogP contribution is -2.11. The van der Waals surface area contributed by atoms with Crippen LogP contribution in [0, 0.1) is 6.92 Å². The van der Waals surface area contributed by atoms with Crippen LogP contribution in [0.3, 0.4) is 0 Å². The quantitative estimate of drug-likeness (QED) is 0.560. The van der Waals surface area contributed by atoms with Crippen molar-refractivity contribution in [1.82, 2.24) is 4.98 Å². The largest absolute Gasteiger partial charge is 0.419 e. The van der Waals surface area contributed by atoms with E-state index >= 15 is 0 Å². The van der Waals surface area contributed by atoms with Crippen molar-refractivity contribution in [1.29, 1.82) is 0 Å². The average molecular weight is 290 g/mol. The molecule has 0 fully saturated rings. The van der Waals surface area contributed by atoms with E-state index in [1.54, 1.807) is 0 Å². The molecule has 0 spiro atoms. The van der Waals surface area contributed by atoms with Gasteiger partial charge in [0.2, 0.25) is 0 Å². The van der Waals surface area contributed by atoms with Gasteiger partial charge in [-0.25, -0.2) is 13.8 Å². The second kappa shape index (κ2) is 4.03. The summed E-state index contributed by atoms with van der Waals surface area (Å²) in [6, 6.07) is 0.734. The van der Waals surface area contributed by atoms with Gasteiger partial charge < -0.3 is 0 Å². The Hall–Kier alpha value is -0.720. The molecule has 0 aromatic carbocycles. The monoisotopic (exact) mass is 289 g/mol. The molecule has 1 heterocycles. The van der Waals surface area contributed by atoms with Crippen molar-refractivity contribution in [3.63, 3.8) is 0 Å². The van der Waals surface area contributed by atoms with Gasteiger partial charge in [-0.2, -0.15) is 13.2 Å². The molecule has 84 valence electrons. The summed E-state index contributed by atoms with van der Waals surface area (Å²) in [5.74, 6) is 0. The fourth-order valence-corrected chi connectivity index (χ4v) is 1.85. The molecule has 1 aromatic heterocycles. The van der Waals surface area contributed by atoms with E-state index in [1.165, 1.54) is 0 Å². The number of alkyl halides is 5. The van der Waals surface area contributed by atoms with Crippen LogP contribution in [0.4, 0.5) is 22.0 Å². The maximum absolute atomic E-state index is 12.4. The van der Waals surface area contributed by atoms with Gasteiger partial charge in [-0.05, 0) is 34.5 Å². The Morgan fingerprint density at radius 3 is 2.20 bits per heavy atom. The number of pyridine rings is 1. The maximum atomic E-state index is 12.4. The summed E-state index contributed by atoms with van der Waals surface area (Å²) in [5.41, 5.74) is -1.97. The number of rotatable bonds is 1. The van der Waals surface area contributed by atoms with Crippen molar-refractivity contribution in [3.05, 3.63) is 27.5 Å². The first-order chi connectivity index (χ1) is 6.73. The molecule has 0 saturated carbocycles. The van der Waals surface area contributed by atoms with Crippen LogP contribution in [0.5, 0.6) is 0 Å². The SMILES string of the molecule is Cc1cc(C(F)F)nc(Br)c1C(F)(F)F. The van der Waals surface area contributed by atoms with Crippen molar-refractivity contribution in [2.24, 2.45) is 0 Å². The minimum absolute atomic E-state index is 0.278. The number of hydrogen-bond donors (Lipinski definition) is 0. The topological polar surface area (TPSA) is 12.9 Å². The first-order valence-electron chi connectivity index (χ1n) is 3.76. The standard InChI is InChI=1S/C8H5BrF5N/c1-3-2-4(7(10)11)15-6(9)5(3)8(12,13)14/h2,7H,1H3. The van der Waals surface area contributed by atoms with Crippen molar-refractivity contribution in [3.8, 4) is 0 Å². The molecule has 0 bridgehead atoms. The summed E-state index contributed by atoms with van der Waals surface area (Å²) < 4.78 is 60.9. The minimum atomic E-state index is -4.60. The number of hydrogen-bond acceptors (Lipinski definition) is 1. The Morgan fingerprint density at radius 1 is 1.33 bits per heavy atom.